The van der Waals surface area contributed by atoms with Crippen molar-refractivity contribution in [2.24, 2.45) is 5.41 Å². The minimum atomic E-state index is -1.14. The van der Waals surface area contributed by atoms with E-state index in [2.05, 4.69) is 23.3 Å². The Labute approximate surface area is 235 Å². The zero-order valence-electron chi connectivity index (χ0n) is 24.1. The molecule has 4 rings (SSSR count). The van der Waals surface area contributed by atoms with Crippen LogP contribution in [0.15, 0.2) is 46.5 Å². The summed E-state index contributed by atoms with van der Waals surface area (Å²) in [7, 11) is 1.21. The van der Waals surface area contributed by atoms with Crippen LogP contribution < -0.4 is 5.32 Å². The Kier molecular flexibility index (Phi) is 8.22. The van der Waals surface area contributed by atoms with E-state index in [1.165, 1.54) is 13.3 Å². The van der Waals surface area contributed by atoms with Crippen molar-refractivity contribution in [3.05, 3.63) is 70.3 Å². The highest BCUT2D eigenvalue weighted by Crippen LogP contribution is 2.48. The van der Waals surface area contributed by atoms with Gasteiger partial charge in [-0.25, -0.2) is 10.0 Å². The van der Waals surface area contributed by atoms with Crippen molar-refractivity contribution in [1.29, 1.82) is 5.26 Å². The number of allylic oxidation sites excluding steroid dienone is 3. The number of hydrogen-bond acceptors (Lipinski definition) is 7. The lowest BCUT2D eigenvalue weighted by Gasteiger charge is -2.36. The third-order valence-corrected chi connectivity index (χ3v) is 7.61. The maximum absolute atomic E-state index is 13.2. The van der Waals surface area contributed by atoms with E-state index < -0.39 is 22.8 Å². The van der Waals surface area contributed by atoms with Crippen LogP contribution in [0.5, 0.6) is 0 Å². The van der Waals surface area contributed by atoms with Gasteiger partial charge in [0.25, 0.3) is 5.91 Å². The summed E-state index contributed by atoms with van der Waals surface area (Å²) >= 11 is 0. The molecule has 0 spiro atoms. The summed E-state index contributed by atoms with van der Waals surface area (Å²) in [5, 5.41) is 24.1. The molecule has 1 aromatic heterocycles. The number of unbranched alkanes of at least 4 members (excludes halogenated alkanes) is 1. The second-order valence-corrected chi connectivity index (χ2v) is 11.7. The SMILES string of the molecule is CCC/C=C1/O/C(=C(\C)c2nc(C(=O)N(C)O)co2)C2(C#N)CCc3ccc(cc32)CCC(=O)NC1C(C)(C)C. The van der Waals surface area contributed by atoms with Crippen molar-refractivity contribution in [1.82, 2.24) is 15.4 Å². The van der Waals surface area contributed by atoms with Crippen LogP contribution in [0, 0.1) is 16.7 Å². The molecule has 40 heavy (non-hydrogen) atoms. The maximum Gasteiger partial charge on any atom is 0.298 e. The first kappa shape index (κ1) is 29.1. The average molecular weight is 547 g/mol. The summed E-state index contributed by atoms with van der Waals surface area (Å²) in [5.41, 5.74) is 1.71. The number of aryl methyl sites for hydroxylation is 2. The van der Waals surface area contributed by atoms with E-state index in [1.807, 2.05) is 45.0 Å². The number of rotatable bonds is 4. The highest BCUT2D eigenvalue weighted by molar-refractivity contribution is 5.91. The van der Waals surface area contributed by atoms with E-state index in [9.17, 15) is 20.1 Å². The van der Waals surface area contributed by atoms with Gasteiger partial charge in [-0.2, -0.15) is 5.26 Å². The lowest BCUT2D eigenvalue weighted by atomic mass is 9.78. The summed E-state index contributed by atoms with van der Waals surface area (Å²) in [6.07, 6.45) is 6.78. The monoisotopic (exact) mass is 546 g/mol. The van der Waals surface area contributed by atoms with Crippen LogP contribution in [0.25, 0.3) is 5.57 Å². The lowest BCUT2D eigenvalue weighted by Crippen LogP contribution is -2.46. The van der Waals surface area contributed by atoms with Crippen LogP contribution in [-0.4, -0.2) is 40.2 Å². The number of nitrogens with zero attached hydrogens (tertiary/aromatic N) is 3. The molecule has 0 radical (unpaired) electrons. The zero-order valence-corrected chi connectivity index (χ0v) is 24.1. The van der Waals surface area contributed by atoms with Crippen LogP contribution in [0.3, 0.4) is 0 Å². The van der Waals surface area contributed by atoms with Gasteiger partial charge in [0.15, 0.2) is 5.69 Å². The van der Waals surface area contributed by atoms with Crippen LogP contribution in [0.1, 0.15) is 93.4 Å². The Morgan fingerprint density at radius 1 is 1.32 bits per heavy atom. The van der Waals surface area contributed by atoms with Gasteiger partial charge in [-0.3, -0.25) is 14.8 Å². The van der Waals surface area contributed by atoms with Gasteiger partial charge >= 0.3 is 0 Å². The van der Waals surface area contributed by atoms with Crippen molar-refractivity contribution in [2.45, 2.75) is 84.6 Å². The smallest absolute Gasteiger partial charge is 0.298 e. The van der Waals surface area contributed by atoms with Crippen LogP contribution >= 0.6 is 0 Å². The molecule has 1 aliphatic heterocycles. The number of nitriles is 1. The molecule has 2 heterocycles. The van der Waals surface area contributed by atoms with E-state index in [0.717, 1.165) is 23.1 Å². The molecule has 212 valence electrons. The fourth-order valence-corrected chi connectivity index (χ4v) is 5.37. The van der Waals surface area contributed by atoms with Gasteiger partial charge in [0.2, 0.25) is 11.8 Å². The fraction of sp³-hybridized carbons (Fsp3) is 0.484. The summed E-state index contributed by atoms with van der Waals surface area (Å²) in [6, 6.07) is 8.19. The highest BCUT2D eigenvalue weighted by Gasteiger charge is 2.47. The minimum Gasteiger partial charge on any atom is -0.462 e. The van der Waals surface area contributed by atoms with E-state index >= 15 is 0 Å². The number of aromatic nitrogens is 1. The number of amides is 2. The van der Waals surface area contributed by atoms with Gasteiger partial charge in [-0.05, 0) is 60.8 Å². The third-order valence-electron chi connectivity index (χ3n) is 7.61. The molecule has 2 unspecified atom stereocenters. The number of hydrogen-bond donors (Lipinski definition) is 2. The average Bonchev–Trinajstić information content (AvgIpc) is 3.55. The summed E-state index contributed by atoms with van der Waals surface area (Å²) < 4.78 is 12.5. The molecule has 2 N–H and O–H groups in total. The van der Waals surface area contributed by atoms with Gasteiger partial charge in [-0.15, -0.1) is 0 Å². The molecule has 2 atom stereocenters. The van der Waals surface area contributed by atoms with Gasteiger partial charge in [0.05, 0.1) is 17.7 Å². The molecule has 2 aromatic rings. The molecule has 0 fully saturated rings. The van der Waals surface area contributed by atoms with Gasteiger partial charge in [-0.1, -0.05) is 52.3 Å². The van der Waals surface area contributed by atoms with Gasteiger partial charge < -0.3 is 14.5 Å². The highest BCUT2D eigenvalue weighted by atomic mass is 16.5. The van der Waals surface area contributed by atoms with Crippen molar-refractivity contribution in [2.75, 3.05) is 7.05 Å². The number of nitrogens with one attached hydrogen (secondary N) is 1. The second-order valence-electron chi connectivity index (χ2n) is 11.7. The number of carbonyl (C=O) groups is 2. The normalized spacial score (nSPS) is 23.4. The third kappa shape index (κ3) is 5.54. The van der Waals surface area contributed by atoms with Crippen LogP contribution in [0.2, 0.25) is 0 Å². The van der Waals surface area contributed by atoms with Crippen LogP contribution in [0.4, 0.5) is 0 Å². The molecule has 0 saturated heterocycles. The first-order chi connectivity index (χ1) is 18.9. The van der Waals surface area contributed by atoms with Crippen molar-refractivity contribution >= 4 is 17.4 Å². The number of fused-ring (bicyclic) bond motifs is 1. The molecule has 2 amide bonds. The molecule has 1 aromatic carbocycles. The number of oxazole rings is 1. The summed E-state index contributed by atoms with van der Waals surface area (Å²) in [6.45, 7) is 9.94. The Bertz CT molecular complexity index is 1410. The number of ether oxygens (including phenoxy) is 1. The van der Waals surface area contributed by atoms with E-state index in [4.69, 9.17) is 9.15 Å². The molecular weight excluding hydrogens is 508 g/mol. The minimum absolute atomic E-state index is 0.0743. The molecule has 9 nitrogen and oxygen atoms in total. The van der Waals surface area contributed by atoms with Crippen LogP contribution in [-0.2, 0) is 27.8 Å². The fourth-order valence-electron chi connectivity index (χ4n) is 5.37. The maximum atomic E-state index is 13.2. The van der Waals surface area contributed by atoms with Crippen molar-refractivity contribution in [3.8, 4) is 6.07 Å². The molecule has 2 aliphatic rings. The molecule has 1 aliphatic carbocycles. The Hall–Kier alpha value is -3.90. The molecule has 2 bridgehead atoms. The Morgan fingerprint density at radius 3 is 2.73 bits per heavy atom. The first-order valence-corrected chi connectivity index (χ1v) is 13.8. The number of carbonyl (C=O) groups excluding carboxylic acids is 2. The largest absolute Gasteiger partial charge is 0.462 e. The predicted molar refractivity (Wildman–Crippen MR) is 149 cm³/mol. The van der Waals surface area contributed by atoms with E-state index in [0.29, 0.717) is 54.3 Å². The molecular formula is C31H38N4O5. The zero-order chi connectivity index (χ0) is 29.2. The molecule has 9 heteroatoms. The van der Waals surface area contributed by atoms with E-state index in [1.54, 1.807) is 6.92 Å². The lowest BCUT2D eigenvalue weighted by molar-refractivity contribution is -0.122. The summed E-state index contributed by atoms with van der Waals surface area (Å²) in [5.74, 6) is 0.213. The van der Waals surface area contributed by atoms with Crippen molar-refractivity contribution in [3.63, 3.8) is 0 Å². The number of hydroxylamine groups is 2. The summed E-state index contributed by atoms with van der Waals surface area (Å²) in [4.78, 5) is 29.8. The second kappa shape index (κ2) is 11.3. The van der Waals surface area contributed by atoms with Gasteiger partial charge in [0, 0.05) is 13.5 Å². The Balaban J connectivity index is 2.00. The molecule has 0 saturated carbocycles. The topological polar surface area (TPSA) is 129 Å². The predicted octanol–water partition coefficient (Wildman–Crippen LogP) is 5.45. The standard InChI is InChI=1S/C31H38N4O5/c1-7-8-9-24-26(30(3,4)5)34-25(36)13-11-20-10-12-21-14-15-31(18-32,22(21)16-20)27(40-24)19(2)28-33-23(17-39-28)29(37)35(6)38/h9-10,12,16-17,26,38H,7-8,11,13-15H2,1-6H3,(H,34,36)/b24-9+,27-19+. The van der Waals surface area contributed by atoms with Crippen molar-refractivity contribution < 1.29 is 24.0 Å². The Morgan fingerprint density at radius 2 is 2.08 bits per heavy atom. The quantitative estimate of drug-likeness (QED) is 0.385. The first-order valence-electron chi connectivity index (χ1n) is 13.8. The van der Waals surface area contributed by atoms with Gasteiger partial charge in [0.1, 0.15) is 23.2 Å². The van der Waals surface area contributed by atoms with E-state index in [-0.39, 0.29) is 17.5 Å². The number of benzene rings is 1.